The molecule has 0 aliphatic carbocycles. The predicted molar refractivity (Wildman–Crippen MR) is 77.9 cm³/mol. The van der Waals surface area contributed by atoms with Gasteiger partial charge in [0.05, 0.1) is 6.10 Å². The van der Waals surface area contributed by atoms with Crippen LogP contribution in [0.25, 0.3) is 0 Å². The van der Waals surface area contributed by atoms with Crippen LogP contribution in [0.15, 0.2) is 24.3 Å². The Kier molecular flexibility index (Phi) is 5.41. The molecule has 1 aliphatic heterocycles. The van der Waals surface area contributed by atoms with E-state index in [1.807, 2.05) is 38.1 Å². The van der Waals surface area contributed by atoms with Crippen LogP contribution in [0.5, 0.6) is 5.75 Å². The maximum atomic E-state index is 12.1. The van der Waals surface area contributed by atoms with Crippen molar-refractivity contribution in [3.8, 4) is 5.75 Å². The zero-order valence-electron chi connectivity index (χ0n) is 12.2. The van der Waals surface area contributed by atoms with Crippen molar-refractivity contribution in [1.82, 2.24) is 5.32 Å². The van der Waals surface area contributed by atoms with Gasteiger partial charge >= 0.3 is 0 Å². The zero-order valence-corrected chi connectivity index (χ0v) is 12.2. The van der Waals surface area contributed by atoms with Crippen LogP contribution in [0.1, 0.15) is 31.7 Å². The lowest BCUT2D eigenvalue weighted by molar-refractivity contribution is -0.128. The molecule has 1 heterocycles. The fourth-order valence-electron chi connectivity index (χ4n) is 2.31. The Morgan fingerprint density at radius 2 is 2.40 bits per heavy atom. The quantitative estimate of drug-likeness (QED) is 0.869. The van der Waals surface area contributed by atoms with E-state index in [-0.39, 0.29) is 12.0 Å². The van der Waals surface area contributed by atoms with E-state index in [9.17, 15) is 4.79 Å². The molecule has 0 saturated carbocycles. The van der Waals surface area contributed by atoms with Gasteiger partial charge in [-0.15, -0.1) is 0 Å². The van der Waals surface area contributed by atoms with Crippen LogP contribution in [0.3, 0.4) is 0 Å². The number of benzene rings is 1. The predicted octanol–water partition coefficient (Wildman–Crippen LogP) is 2.45. The normalized spacial score (nSPS) is 19.6. The Morgan fingerprint density at radius 3 is 3.05 bits per heavy atom. The first-order valence-corrected chi connectivity index (χ1v) is 7.31. The van der Waals surface area contributed by atoms with Gasteiger partial charge in [-0.2, -0.15) is 0 Å². The molecule has 0 aromatic heterocycles. The number of aryl methyl sites for hydroxylation is 1. The summed E-state index contributed by atoms with van der Waals surface area (Å²) < 4.78 is 11.3. The molecule has 0 bridgehead atoms. The van der Waals surface area contributed by atoms with Gasteiger partial charge in [0.25, 0.3) is 5.91 Å². The fourth-order valence-corrected chi connectivity index (χ4v) is 2.31. The van der Waals surface area contributed by atoms with Crippen LogP contribution < -0.4 is 10.1 Å². The maximum absolute atomic E-state index is 12.1. The van der Waals surface area contributed by atoms with Crippen molar-refractivity contribution < 1.29 is 14.3 Å². The molecule has 1 aromatic carbocycles. The largest absolute Gasteiger partial charge is 0.481 e. The molecule has 1 amide bonds. The molecule has 0 radical (unpaired) electrons. The lowest BCUT2D eigenvalue weighted by Gasteiger charge is -2.18. The summed E-state index contributed by atoms with van der Waals surface area (Å²) >= 11 is 0. The van der Waals surface area contributed by atoms with Crippen LogP contribution in [0, 0.1) is 6.92 Å². The van der Waals surface area contributed by atoms with Gasteiger partial charge in [-0.1, -0.05) is 19.1 Å². The fraction of sp³-hybridized carbons (Fsp3) is 0.562. The van der Waals surface area contributed by atoms with Crippen molar-refractivity contribution in [2.45, 2.75) is 45.3 Å². The highest BCUT2D eigenvalue weighted by Gasteiger charge is 2.21. The lowest BCUT2D eigenvalue weighted by Crippen LogP contribution is -2.41. The summed E-state index contributed by atoms with van der Waals surface area (Å²) in [6.07, 6.45) is 2.46. The number of carbonyl (C=O) groups excluding carboxylic acids is 1. The summed E-state index contributed by atoms with van der Waals surface area (Å²) in [7, 11) is 0. The van der Waals surface area contributed by atoms with Crippen molar-refractivity contribution in [1.29, 1.82) is 0 Å². The summed E-state index contributed by atoms with van der Waals surface area (Å²) in [6, 6.07) is 7.76. The number of ether oxygens (including phenoxy) is 2. The van der Waals surface area contributed by atoms with Gasteiger partial charge in [0, 0.05) is 13.2 Å². The topological polar surface area (TPSA) is 47.6 Å². The van der Waals surface area contributed by atoms with Crippen LogP contribution in [0.4, 0.5) is 0 Å². The van der Waals surface area contributed by atoms with Gasteiger partial charge in [0.1, 0.15) is 5.75 Å². The second-order valence-corrected chi connectivity index (χ2v) is 5.21. The summed E-state index contributed by atoms with van der Waals surface area (Å²) in [5.41, 5.74) is 1.12. The second-order valence-electron chi connectivity index (χ2n) is 5.21. The van der Waals surface area contributed by atoms with Gasteiger partial charge in [0.15, 0.2) is 6.10 Å². The van der Waals surface area contributed by atoms with Gasteiger partial charge in [-0.3, -0.25) is 4.79 Å². The SMILES string of the molecule is CC[C@@H](Oc1cccc(C)c1)C(=O)NC[C@H]1CCCO1. The number of hydrogen-bond acceptors (Lipinski definition) is 3. The average molecular weight is 277 g/mol. The van der Waals surface area contributed by atoms with Gasteiger partial charge in [-0.25, -0.2) is 0 Å². The van der Waals surface area contributed by atoms with Crippen LogP contribution in [0.2, 0.25) is 0 Å². The molecule has 1 aromatic rings. The molecule has 20 heavy (non-hydrogen) atoms. The molecule has 4 nitrogen and oxygen atoms in total. The zero-order chi connectivity index (χ0) is 14.4. The number of rotatable bonds is 6. The third-order valence-electron chi connectivity index (χ3n) is 3.46. The molecule has 0 unspecified atom stereocenters. The smallest absolute Gasteiger partial charge is 0.261 e. The van der Waals surface area contributed by atoms with Gasteiger partial charge < -0.3 is 14.8 Å². The Morgan fingerprint density at radius 1 is 1.55 bits per heavy atom. The van der Waals surface area contributed by atoms with Crippen molar-refractivity contribution in [2.24, 2.45) is 0 Å². The van der Waals surface area contributed by atoms with E-state index in [4.69, 9.17) is 9.47 Å². The second kappa shape index (κ2) is 7.29. The number of amides is 1. The maximum Gasteiger partial charge on any atom is 0.261 e. The number of nitrogens with one attached hydrogen (secondary N) is 1. The van der Waals surface area contributed by atoms with Crippen molar-refractivity contribution >= 4 is 5.91 Å². The Hall–Kier alpha value is -1.55. The number of carbonyl (C=O) groups is 1. The molecular weight excluding hydrogens is 254 g/mol. The minimum Gasteiger partial charge on any atom is -0.481 e. The van der Waals surface area contributed by atoms with Crippen molar-refractivity contribution in [3.05, 3.63) is 29.8 Å². The molecule has 1 N–H and O–H groups in total. The third-order valence-corrected chi connectivity index (χ3v) is 3.46. The first-order chi connectivity index (χ1) is 9.69. The molecule has 110 valence electrons. The summed E-state index contributed by atoms with van der Waals surface area (Å²) in [5, 5.41) is 2.92. The van der Waals surface area contributed by atoms with Gasteiger partial charge in [-0.05, 0) is 43.9 Å². The summed E-state index contributed by atoms with van der Waals surface area (Å²) in [4.78, 5) is 12.1. The monoisotopic (exact) mass is 277 g/mol. The van der Waals surface area contributed by atoms with E-state index in [1.165, 1.54) is 0 Å². The Bertz CT molecular complexity index is 441. The van der Waals surface area contributed by atoms with Gasteiger partial charge in [0.2, 0.25) is 0 Å². The highest BCUT2D eigenvalue weighted by Crippen LogP contribution is 2.16. The lowest BCUT2D eigenvalue weighted by atomic mass is 10.2. The van der Waals surface area contributed by atoms with E-state index >= 15 is 0 Å². The molecule has 1 saturated heterocycles. The molecular formula is C16H23NO3. The minimum absolute atomic E-state index is 0.0653. The molecule has 2 rings (SSSR count). The van der Waals surface area contributed by atoms with E-state index in [0.717, 1.165) is 30.8 Å². The van der Waals surface area contributed by atoms with E-state index < -0.39 is 6.10 Å². The molecule has 0 spiro atoms. The minimum atomic E-state index is -0.446. The molecule has 1 fully saturated rings. The number of hydrogen-bond donors (Lipinski definition) is 1. The van der Waals surface area contributed by atoms with Crippen molar-refractivity contribution in [2.75, 3.05) is 13.2 Å². The van der Waals surface area contributed by atoms with E-state index in [0.29, 0.717) is 13.0 Å². The summed E-state index contributed by atoms with van der Waals surface area (Å²) in [6.45, 7) is 5.33. The van der Waals surface area contributed by atoms with E-state index in [2.05, 4.69) is 5.32 Å². The van der Waals surface area contributed by atoms with Crippen LogP contribution in [-0.4, -0.2) is 31.3 Å². The molecule has 1 aliphatic rings. The van der Waals surface area contributed by atoms with E-state index in [1.54, 1.807) is 0 Å². The first-order valence-electron chi connectivity index (χ1n) is 7.31. The standard InChI is InChI=1S/C16H23NO3/c1-3-15(20-13-7-4-6-12(2)10-13)16(18)17-11-14-8-5-9-19-14/h4,6-7,10,14-15H,3,5,8-9,11H2,1-2H3,(H,17,18)/t14-,15-/m1/s1. The average Bonchev–Trinajstić information content (AvgIpc) is 2.95. The Labute approximate surface area is 120 Å². The highest BCUT2D eigenvalue weighted by atomic mass is 16.5. The first kappa shape index (κ1) is 14.9. The van der Waals surface area contributed by atoms with Crippen molar-refractivity contribution in [3.63, 3.8) is 0 Å². The van der Waals surface area contributed by atoms with Crippen LogP contribution >= 0.6 is 0 Å². The molecule has 2 atom stereocenters. The van der Waals surface area contributed by atoms with Crippen LogP contribution in [-0.2, 0) is 9.53 Å². The molecule has 4 heteroatoms. The summed E-state index contributed by atoms with van der Waals surface area (Å²) in [5.74, 6) is 0.675. The Balaban J connectivity index is 1.85. The highest BCUT2D eigenvalue weighted by molar-refractivity contribution is 5.81. The third kappa shape index (κ3) is 4.23.